The third-order valence-corrected chi connectivity index (χ3v) is 1.01. The molecular weight excluding hydrogens is 116 g/mol. The van der Waals surface area contributed by atoms with Crippen molar-refractivity contribution in [1.82, 2.24) is 4.68 Å². The summed E-state index contributed by atoms with van der Waals surface area (Å²) in [7, 11) is 0. The first-order chi connectivity index (χ1) is 4.43. The van der Waals surface area contributed by atoms with Crippen LogP contribution in [0, 0.1) is 0 Å². The number of rotatable bonds is 3. The van der Waals surface area contributed by atoms with Crippen LogP contribution in [0.2, 0.25) is 0 Å². The average Bonchev–Trinajstić information content (AvgIpc) is 2.34. The largest absolute Gasteiger partial charge is 0.394 e. The van der Waals surface area contributed by atoms with Crippen molar-refractivity contribution < 1.29 is 5.11 Å². The minimum absolute atomic E-state index is 0.165. The van der Waals surface area contributed by atoms with Crippen LogP contribution in [0.15, 0.2) is 24.5 Å². The predicted molar refractivity (Wildman–Crippen MR) is 35.7 cm³/mol. The number of hydrogen-bond acceptors (Lipinski definition) is 2. The standard InChI is InChI=1S/C6H10N2O/c9-6-3-7-8-4-1-2-5-8/h1-2,4-5,7,9H,3,6H2. The third kappa shape index (κ3) is 1.77. The molecule has 0 amide bonds. The lowest BCUT2D eigenvalue weighted by molar-refractivity contribution is 0.307. The van der Waals surface area contributed by atoms with Gasteiger partial charge in [0.25, 0.3) is 0 Å². The molecule has 0 aliphatic heterocycles. The van der Waals surface area contributed by atoms with Gasteiger partial charge in [-0.15, -0.1) is 0 Å². The summed E-state index contributed by atoms with van der Waals surface area (Å²) in [6.07, 6.45) is 3.77. The molecule has 0 aliphatic rings. The summed E-state index contributed by atoms with van der Waals surface area (Å²) < 4.78 is 1.80. The Morgan fingerprint density at radius 1 is 1.33 bits per heavy atom. The Hall–Kier alpha value is -0.960. The van der Waals surface area contributed by atoms with Gasteiger partial charge in [-0.2, -0.15) is 0 Å². The van der Waals surface area contributed by atoms with E-state index in [4.69, 9.17) is 5.11 Å². The van der Waals surface area contributed by atoms with Crippen LogP contribution in [-0.2, 0) is 0 Å². The van der Waals surface area contributed by atoms with Gasteiger partial charge < -0.3 is 10.5 Å². The highest BCUT2D eigenvalue weighted by molar-refractivity contribution is 4.92. The highest BCUT2D eigenvalue weighted by atomic mass is 16.3. The highest BCUT2D eigenvalue weighted by Gasteiger charge is 1.81. The zero-order chi connectivity index (χ0) is 6.53. The van der Waals surface area contributed by atoms with Crippen LogP contribution in [0.5, 0.6) is 0 Å². The number of aliphatic hydroxyl groups is 1. The maximum absolute atomic E-state index is 8.39. The van der Waals surface area contributed by atoms with Crippen molar-refractivity contribution in [3.05, 3.63) is 24.5 Å². The molecule has 2 N–H and O–H groups in total. The molecule has 50 valence electrons. The van der Waals surface area contributed by atoms with Gasteiger partial charge in [0.05, 0.1) is 13.2 Å². The van der Waals surface area contributed by atoms with Crippen molar-refractivity contribution in [2.24, 2.45) is 0 Å². The van der Waals surface area contributed by atoms with Gasteiger partial charge in [0, 0.05) is 12.4 Å². The fourth-order valence-corrected chi connectivity index (χ4v) is 0.619. The first-order valence-corrected chi connectivity index (χ1v) is 2.91. The molecule has 0 unspecified atom stereocenters. The van der Waals surface area contributed by atoms with E-state index in [-0.39, 0.29) is 6.61 Å². The molecule has 3 nitrogen and oxygen atoms in total. The van der Waals surface area contributed by atoms with E-state index in [1.165, 1.54) is 0 Å². The Balaban J connectivity index is 2.30. The summed E-state index contributed by atoms with van der Waals surface area (Å²) in [6.45, 7) is 0.757. The molecule has 0 atom stereocenters. The molecule has 1 aromatic rings. The molecule has 0 aliphatic carbocycles. The topological polar surface area (TPSA) is 37.2 Å². The summed E-state index contributed by atoms with van der Waals surface area (Å²) >= 11 is 0. The zero-order valence-electron chi connectivity index (χ0n) is 5.12. The smallest absolute Gasteiger partial charge is 0.0620 e. The van der Waals surface area contributed by atoms with Gasteiger partial charge in [-0.3, -0.25) is 4.68 Å². The van der Waals surface area contributed by atoms with Gasteiger partial charge in [-0.25, -0.2) is 0 Å². The second-order valence-electron chi connectivity index (χ2n) is 1.72. The predicted octanol–water partition coefficient (Wildman–Crippen LogP) is 0.0239. The number of aliphatic hydroxyl groups excluding tert-OH is 1. The van der Waals surface area contributed by atoms with E-state index in [1.54, 1.807) is 4.68 Å². The zero-order valence-corrected chi connectivity index (χ0v) is 5.12. The van der Waals surface area contributed by atoms with Gasteiger partial charge in [0.15, 0.2) is 0 Å². The van der Waals surface area contributed by atoms with Crippen molar-refractivity contribution in [3.8, 4) is 0 Å². The fourth-order valence-electron chi connectivity index (χ4n) is 0.619. The van der Waals surface area contributed by atoms with Crippen LogP contribution in [0.1, 0.15) is 0 Å². The minimum atomic E-state index is 0.165. The van der Waals surface area contributed by atoms with E-state index in [0.29, 0.717) is 6.54 Å². The van der Waals surface area contributed by atoms with Gasteiger partial charge in [-0.05, 0) is 12.1 Å². The van der Waals surface area contributed by atoms with Crippen molar-refractivity contribution in [1.29, 1.82) is 0 Å². The monoisotopic (exact) mass is 126 g/mol. The molecule has 1 rings (SSSR count). The molecule has 0 fully saturated rings. The van der Waals surface area contributed by atoms with Crippen LogP contribution in [0.3, 0.4) is 0 Å². The summed E-state index contributed by atoms with van der Waals surface area (Å²) in [5.41, 5.74) is 2.94. The van der Waals surface area contributed by atoms with Gasteiger partial charge >= 0.3 is 0 Å². The molecule has 3 heteroatoms. The lowest BCUT2D eigenvalue weighted by Gasteiger charge is -2.02. The summed E-state index contributed by atoms with van der Waals surface area (Å²) in [6, 6.07) is 3.84. The van der Waals surface area contributed by atoms with E-state index in [2.05, 4.69) is 5.43 Å². The molecule has 0 saturated heterocycles. The van der Waals surface area contributed by atoms with Crippen LogP contribution in [0.25, 0.3) is 0 Å². The maximum Gasteiger partial charge on any atom is 0.0620 e. The lowest BCUT2D eigenvalue weighted by atomic mass is 10.7. The Labute approximate surface area is 53.9 Å². The molecule has 0 bridgehead atoms. The van der Waals surface area contributed by atoms with Crippen molar-refractivity contribution >= 4 is 0 Å². The van der Waals surface area contributed by atoms with E-state index < -0.39 is 0 Å². The quantitative estimate of drug-likeness (QED) is 0.599. The summed E-state index contributed by atoms with van der Waals surface area (Å²) in [5.74, 6) is 0. The van der Waals surface area contributed by atoms with E-state index in [1.807, 2.05) is 24.5 Å². The Morgan fingerprint density at radius 2 is 2.00 bits per heavy atom. The summed E-state index contributed by atoms with van der Waals surface area (Å²) in [4.78, 5) is 0. The summed E-state index contributed by atoms with van der Waals surface area (Å²) in [5, 5.41) is 8.39. The Bertz CT molecular complexity index is 148. The van der Waals surface area contributed by atoms with Crippen molar-refractivity contribution in [2.75, 3.05) is 18.6 Å². The fraction of sp³-hybridized carbons (Fsp3) is 0.333. The molecule has 1 heterocycles. The molecule has 0 spiro atoms. The SMILES string of the molecule is OCCNn1cccc1. The van der Waals surface area contributed by atoms with Gasteiger partial charge in [-0.1, -0.05) is 0 Å². The van der Waals surface area contributed by atoms with Crippen molar-refractivity contribution in [2.45, 2.75) is 0 Å². The number of aromatic nitrogens is 1. The molecular formula is C6H10N2O. The van der Waals surface area contributed by atoms with E-state index in [0.717, 1.165) is 0 Å². The number of nitrogens with zero attached hydrogens (tertiary/aromatic N) is 1. The second-order valence-corrected chi connectivity index (χ2v) is 1.72. The van der Waals surface area contributed by atoms with Crippen LogP contribution in [0.4, 0.5) is 0 Å². The Morgan fingerprint density at radius 3 is 2.56 bits per heavy atom. The second kappa shape index (κ2) is 3.14. The van der Waals surface area contributed by atoms with Crippen LogP contribution >= 0.6 is 0 Å². The van der Waals surface area contributed by atoms with Crippen molar-refractivity contribution in [3.63, 3.8) is 0 Å². The number of hydrogen-bond donors (Lipinski definition) is 2. The Kier molecular flexibility index (Phi) is 2.15. The minimum Gasteiger partial charge on any atom is -0.394 e. The average molecular weight is 126 g/mol. The number of nitrogens with one attached hydrogen (secondary N) is 1. The molecule has 0 radical (unpaired) electrons. The lowest BCUT2D eigenvalue weighted by Crippen LogP contribution is -2.16. The van der Waals surface area contributed by atoms with E-state index in [9.17, 15) is 0 Å². The molecule has 0 saturated carbocycles. The van der Waals surface area contributed by atoms with Gasteiger partial charge in [0.2, 0.25) is 0 Å². The molecule has 0 aromatic carbocycles. The maximum atomic E-state index is 8.39. The third-order valence-electron chi connectivity index (χ3n) is 1.01. The molecule has 9 heavy (non-hydrogen) atoms. The van der Waals surface area contributed by atoms with Crippen LogP contribution < -0.4 is 5.43 Å². The highest BCUT2D eigenvalue weighted by Crippen LogP contribution is 1.82. The van der Waals surface area contributed by atoms with Crippen LogP contribution in [-0.4, -0.2) is 22.9 Å². The van der Waals surface area contributed by atoms with E-state index >= 15 is 0 Å². The first kappa shape index (κ1) is 6.16. The normalized spacial score (nSPS) is 9.44. The molecule has 1 aromatic heterocycles. The van der Waals surface area contributed by atoms with Gasteiger partial charge in [0.1, 0.15) is 0 Å². The first-order valence-electron chi connectivity index (χ1n) is 2.91.